The van der Waals surface area contributed by atoms with Crippen LogP contribution < -0.4 is 10.6 Å². The van der Waals surface area contributed by atoms with Crippen LogP contribution in [0.15, 0.2) is 16.0 Å². The van der Waals surface area contributed by atoms with Crippen LogP contribution in [0.5, 0.6) is 0 Å². The number of aromatic nitrogens is 4. The number of fused-ring (bicyclic) bond motifs is 1. The molecule has 0 aromatic carbocycles. The molecule has 0 saturated heterocycles. The maximum Gasteiger partial charge on any atom is 0.226 e. The van der Waals surface area contributed by atoms with Gasteiger partial charge in [0.1, 0.15) is 10.6 Å². The van der Waals surface area contributed by atoms with Gasteiger partial charge in [-0.25, -0.2) is 4.98 Å². The summed E-state index contributed by atoms with van der Waals surface area (Å²) in [4.78, 5) is 14.0. The van der Waals surface area contributed by atoms with Crippen LogP contribution in [-0.4, -0.2) is 26.7 Å². The van der Waals surface area contributed by atoms with Crippen molar-refractivity contribution < 1.29 is 4.52 Å². The lowest BCUT2D eigenvalue weighted by molar-refractivity contribution is 0.388. The monoisotopic (exact) mass is 290 g/mol. The van der Waals surface area contributed by atoms with E-state index in [4.69, 9.17) is 4.52 Å². The molecule has 20 heavy (non-hydrogen) atoms. The van der Waals surface area contributed by atoms with Gasteiger partial charge in [-0.2, -0.15) is 9.97 Å². The summed E-state index contributed by atoms with van der Waals surface area (Å²) < 4.78 is 4.94. The summed E-state index contributed by atoms with van der Waals surface area (Å²) in [7, 11) is 0. The molecule has 3 rings (SSSR count). The van der Waals surface area contributed by atoms with Gasteiger partial charge in [0.25, 0.3) is 0 Å². The zero-order valence-electron chi connectivity index (χ0n) is 11.2. The van der Waals surface area contributed by atoms with Gasteiger partial charge in [-0.05, 0) is 18.4 Å². The van der Waals surface area contributed by atoms with Gasteiger partial charge in [0.05, 0.1) is 11.9 Å². The van der Waals surface area contributed by atoms with Gasteiger partial charge in [0.15, 0.2) is 5.82 Å². The number of rotatable bonds is 5. The molecule has 0 aliphatic carbocycles. The summed E-state index contributed by atoms with van der Waals surface area (Å²) in [6.07, 6.45) is 0. The Hall–Kier alpha value is -2.22. The van der Waals surface area contributed by atoms with Gasteiger partial charge in [-0.3, -0.25) is 0 Å². The highest BCUT2D eigenvalue weighted by Gasteiger charge is 2.09. The fourth-order valence-corrected chi connectivity index (χ4v) is 2.57. The summed E-state index contributed by atoms with van der Waals surface area (Å²) >= 11 is 1.59. The molecule has 0 radical (unpaired) electrons. The predicted octanol–water partition coefficient (Wildman–Crippen LogP) is 2.43. The van der Waals surface area contributed by atoms with Crippen LogP contribution in [0.1, 0.15) is 18.6 Å². The molecule has 104 valence electrons. The van der Waals surface area contributed by atoms with E-state index in [1.54, 1.807) is 18.3 Å². The summed E-state index contributed by atoms with van der Waals surface area (Å²) in [6.45, 7) is 5.02. The molecule has 3 aromatic rings. The van der Waals surface area contributed by atoms with Crippen molar-refractivity contribution in [2.24, 2.45) is 0 Å². The van der Waals surface area contributed by atoms with Crippen LogP contribution in [0.4, 0.5) is 11.8 Å². The van der Waals surface area contributed by atoms with Gasteiger partial charge in [0, 0.05) is 13.5 Å². The molecular formula is C12H14N6OS. The van der Waals surface area contributed by atoms with Crippen molar-refractivity contribution in [3.63, 3.8) is 0 Å². The lowest BCUT2D eigenvalue weighted by atomic mass is 10.3. The van der Waals surface area contributed by atoms with E-state index < -0.39 is 0 Å². The Bertz CT molecular complexity index is 722. The second-order valence-corrected chi connectivity index (χ2v) is 5.04. The molecular weight excluding hydrogens is 276 g/mol. The van der Waals surface area contributed by atoms with Crippen LogP contribution >= 0.6 is 11.3 Å². The highest BCUT2D eigenvalue weighted by molar-refractivity contribution is 7.16. The quantitative estimate of drug-likeness (QED) is 0.746. The molecule has 8 heteroatoms. The van der Waals surface area contributed by atoms with Gasteiger partial charge >= 0.3 is 0 Å². The third kappa shape index (κ3) is 2.55. The Labute approximate surface area is 119 Å². The molecule has 0 atom stereocenters. The smallest absolute Gasteiger partial charge is 0.226 e. The van der Waals surface area contributed by atoms with Gasteiger partial charge in [-0.15, -0.1) is 11.3 Å². The molecule has 0 aliphatic rings. The number of hydrogen-bond donors (Lipinski definition) is 2. The van der Waals surface area contributed by atoms with Crippen molar-refractivity contribution in [2.45, 2.75) is 20.4 Å². The van der Waals surface area contributed by atoms with E-state index in [0.717, 1.165) is 22.6 Å². The van der Waals surface area contributed by atoms with E-state index in [2.05, 4.69) is 30.7 Å². The second kappa shape index (κ2) is 5.41. The standard InChI is InChI=1S/C12H14N6OS/c1-3-13-12-16-10(8-4-5-20-11(8)17-12)14-6-9-15-7(2)19-18-9/h4-5H,3,6H2,1-2H3,(H2,13,14,16,17). The Morgan fingerprint density at radius 2 is 2.15 bits per heavy atom. The van der Waals surface area contributed by atoms with Crippen LogP contribution in [0.2, 0.25) is 0 Å². The first kappa shape index (κ1) is 12.8. The zero-order valence-corrected chi connectivity index (χ0v) is 12.0. The maximum atomic E-state index is 4.94. The Balaban J connectivity index is 1.87. The van der Waals surface area contributed by atoms with Crippen molar-refractivity contribution in [3.05, 3.63) is 23.2 Å². The summed E-state index contributed by atoms with van der Waals surface area (Å²) in [5, 5.41) is 13.2. The first-order valence-electron chi connectivity index (χ1n) is 6.28. The third-order valence-corrected chi connectivity index (χ3v) is 3.45. The SMILES string of the molecule is CCNc1nc(NCc2noc(C)n2)c2ccsc2n1. The predicted molar refractivity (Wildman–Crippen MR) is 77.9 cm³/mol. The Kier molecular flexibility index (Phi) is 3.46. The van der Waals surface area contributed by atoms with Crippen LogP contribution in [0.25, 0.3) is 10.2 Å². The number of nitrogens with zero attached hydrogens (tertiary/aromatic N) is 4. The molecule has 0 spiro atoms. The van der Waals surface area contributed by atoms with Crippen molar-refractivity contribution >= 4 is 33.3 Å². The molecule has 0 unspecified atom stereocenters. The summed E-state index contributed by atoms with van der Waals surface area (Å²) in [6, 6.07) is 2.00. The first-order valence-corrected chi connectivity index (χ1v) is 7.16. The highest BCUT2D eigenvalue weighted by atomic mass is 32.1. The van der Waals surface area contributed by atoms with E-state index in [0.29, 0.717) is 24.2 Å². The molecule has 3 aromatic heterocycles. The average Bonchev–Trinajstić information content (AvgIpc) is 3.05. The number of hydrogen-bond acceptors (Lipinski definition) is 8. The maximum absolute atomic E-state index is 4.94. The van der Waals surface area contributed by atoms with E-state index in [1.165, 1.54) is 0 Å². The molecule has 0 aliphatic heterocycles. The molecule has 0 fully saturated rings. The van der Waals surface area contributed by atoms with Gasteiger partial charge in [0.2, 0.25) is 11.8 Å². The number of thiophene rings is 1. The third-order valence-electron chi connectivity index (χ3n) is 2.64. The van der Waals surface area contributed by atoms with Gasteiger partial charge < -0.3 is 15.2 Å². The minimum Gasteiger partial charge on any atom is -0.362 e. The molecule has 7 nitrogen and oxygen atoms in total. The van der Waals surface area contributed by atoms with E-state index in [9.17, 15) is 0 Å². The fraction of sp³-hybridized carbons (Fsp3) is 0.333. The van der Waals surface area contributed by atoms with E-state index >= 15 is 0 Å². The normalized spacial score (nSPS) is 10.9. The van der Waals surface area contributed by atoms with E-state index in [-0.39, 0.29) is 0 Å². The Morgan fingerprint density at radius 3 is 2.90 bits per heavy atom. The number of aryl methyl sites for hydroxylation is 1. The summed E-state index contributed by atoms with van der Waals surface area (Å²) in [5.74, 6) is 2.55. The van der Waals surface area contributed by atoms with Crippen molar-refractivity contribution in [2.75, 3.05) is 17.2 Å². The zero-order chi connectivity index (χ0) is 13.9. The Morgan fingerprint density at radius 1 is 1.25 bits per heavy atom. The van der Waals surface area contributed by atoms with Crippen LogP contribution in [-0.2, 0) is 6.54 Å². The van der Waals surface area contributed by atoms with E-state index in [1.807, 2.05) is 18.4 Å². The van der Waals surface area contributed by atoms with Crippen LogP contribution in [0, 0.1) is 6.92 Å². The minimum absolute atomic E-state index is 0.463. The fourth-order valence-electron chi connectivity index (χ4n) is 1.80. The molecule has 0 bridgehead atoms. The highest BCUT2D eigenvalue weighted by Crippen LogP contribution is 2.26. The first-order chi connectivity index (χ1) is 9.76. The van der Waals surface area contributed by atoms with Crippen molar-refractivity contribution in [1.82, 2.24) is 20.1 Å². The second-order valence-electron chi connectivity index (χ2n) is 4.15. The minimum atomic E-state index is 0.463. The lowest BCUT2D eigenvalue weighted by Gasteiger charge is -2.07. The number of anilines is 2. The molecule has 0 saturated carbocycles. The average molecular weight is 290 g/mol. The van der Waals surface area contributed by atoms with Crippen molar-refractivity contribution in [1.29, 1.82) is 0 Å². The molecule has 2 N–H and O–H groups in total. The summed E-state index contributed by atoms with van der Waals surface area (Å²) in [5.41, 5.74) is 0. The topological polar surface area (TPSA) is 88.8 Å². The van der Waals surface area contributed by atoms with Gasteiger partial charge in [-0.1, -0.05) is 5.16 Å². The largest absolute Gasteiger partial charge is 0.362 e. The number of nitrogens with one attached hydrogen (secondary N) is 2. The lowest BCUT2D eigenvalue weighted by Crippen LogP contribution is -2.07. The van der Waals surface area contributed by atoms with Crippen molar-refractivity contribution in [3.8, 4) is 0 Å². The molecule has 0 amide bonds. The molecule has 3 heterocycles. The van der Waals surface area contributed by atoms with Crippen LogP contribution in [0.3, 0.4) is 0 Å².